The number of amides is 1. The first-order chi connectivity index (χ1) is 13.5. The second-order valence-corrected chi connectivity index (χ2v) is 7.66. The summed E-state index contributed by atoms with van der Waals surface area (Å²) >= 11 is 0. The number of hydrogen-bond donors (Lipinski definition) is 4. The van der Waals surface area contributed by atoms with E-state index in [1.165, 1.54) is 6.07 Å². The van der Waals surface area contributed by atoms with Crippen LogP contribution >= 0.6 is 0 Å². The van der Waals surface area contributed by atoms with Crippen molar-refractivity contribution in [1.29, 1.82) is 0 Å². The molecule has 0 bridgehead atoms. The fourth-order valence-corrected chi connectivity index (χ4v) is 3.82. The number of carbonyl (C=O) groups is 1. The van der Waals surface area contributed by atoms with E-state index in [1.54, 1.807) is 30.9 Å². The molecular formula is C18H25F4N5O2. The Hall–Kier alpha value is -1.79. The maximum atomic E-state index is 14.3. The van der Waals surface area contributed by atoms with Crippen molar-refractivity contribution in [2.75, 3.05) is 20.7 Å². The zero-order valence-corrected chi connectivity index (χ0v) is 16.3. The van der Waals surface area contributed by atoms with Gasteiger partial charge in [0.2, 0.25) is 5.91 Å². The fourth-order valence-electron chi connectivity index (χ4n) is 3.82. The summed E-state index contributed by atoms with van der Waals surface area (Å²) in [5.41, 5.74) is 3.11. The monoisotopic (exact) mass is 419 g/mol. The molecule has 2 aliphatic rings. The Kier molecular flexibility index (Phi) is 6.16. The largest absolute Gasteiger partial charge is 0.395 e. The summed E-state index contributed by atoms with van der Waals surface area (Å²) in [6.45, 7) is 1.46. The molecule has 5 atom stereocenters. The van der Waals surface area contributed by atoms with Crippen LogP contribution in [0.25, 0.3) is 0 Å². The van der Waals surface area contributed by atoms with Gasteiger partial charge in [0.05, 0.1) is 31.2 Å². The van der Waals surface area contributed by atoms with Gasteiger partial charge in [0.1, 0.15) is 12.1 Å². The Labute approximate surface area is 166 Å². The van der Waals surface area contributed by atoms with Crippen molar-refractivity contribution in [3.63, 3.8) is 0 Å². The molecule has 2 heterocycles. The number of hydrogen-bond acceptors (Lipinski definition) is 6. The van der Waals surface area contributed by atoms with Gasteiger partial charge in [0, 0.05) is 6.04 Å². The summed E-state index contributed by atoms with van der Waals surface area (Å²) in [5, 5.41) is 17.5. The first kappa shape index (κ1) is 21.9. The average Bonchev–Trinajstić information content (AvgIpc) is 3.01. The molecule has 7 nitrogen and oxygen atoms in total. The molecule has 2 saturated heterocycles. The number of carbonyl (C=O) groups excluding carboxylic acids is 1. The molecule has 5 unspecified atom stereocenters. The molecule has 1 aromatic rings. The first-order valence-electron chi connectivity index (χ1n) is 9.25. The third-order valence-corrected chi connectivity index (χ3v) is 5.38. The molecule has 0 aliphatic carbocycles. The molecule has 29 heavy (non-hydrogen) atoms. The van der Waals surface area contributed by atoms with Crippen molar-refractivity contribution in [2.45, 2.75) is 44.1 Å². The van der Waals surface area contributed by atoms with Gasteiger partial charge in [-0.05, 0) is 38.2 Å². The Morgan fingerprint density at radius 3 is 2.55 bits per heavy atom. The molecule has 1 aromatic carbocycles. The van der Waals surface area contributed by atoms with Gasteiger partial charge in [-0.25, -0.2) is 14.8 Å². The van der Waals surface area contributed by atoms with Gasteiger partial charge in [-0.15, -0.1) is 0 Å². The van der Waals surface area contributed by atoms with Gasteiger partial charge in [-0.2, -0.15) is 13.2 Å². The lowest BCUT2D eigenvalue weighted by atomic mass is 9.95. The van der Waals surface area contributed by atoms with Gasteiger partial charge in [0.15, 0.2) is 0 Å². The third-order valence-electron chi connectivity index (χ3n) is 5.38. The SMILES string of the molecule is CC(c1ccc(CC(F)(F)F)c(F)c1)N1NC(CO)C2C(=O)NC(N(C)C)NC21. The van der Waals surface area contributed by atoms with Crippen LogP contribution in [-0.4, -0.2) is 66.3 Å². The summed E-state index contributed by atoms with van der Waals surface area (Å²) in [6.07, 6.45) is -6.77. The molecule has 2 aliphatic heterocycles. The number of aliphatic hydroxyl groups is 1. The van der Waals surface area contributed by atoms with Gasteiger partial charge in [-0.3, -0.25) is 15.0 Å². The fraction of sp³-hybridized carbons (Fsp3) is 0.611. The highest BCUT2D eigenvalue weighted by molar-refractivity contribution is 5.81. The lowest BCUT2D eigenvalue weighted by Crippen LogP contribution is -2.68. The van der Waals surface area contributed by atoms with Crippen LogP contribution in [0.3, 0.4) is 0 Å². The minimum absolute atomic E-state index is 0.236. The standard InChI is InChI=1S/C18H25F4N5O2/c1-9(10-4-5-11(12(19)6-10)7-18(20,21)22)27-15-14(13(8-28)25-27)16(29)24-17(23-15)26(2)3/h4-6,9,13-15,17,23,25,28H,7-8H2,1-3H3,(H,24,29). The second kappa shape index (κ2) is 8.15. The van der Waals surface area contributed by atoms with E-state index in [-0.39, 0.29) is 12.5 Å². The molecular weight excluding hydrogens is 394 g/mol. The van der Waals surface area contributed by atoms with Crippen LogP contribution in [-0.2, 0) is 11.2 Å². The van der Waals surface area contributed by atoms with E-state index in [0.717, 1.165) is 12.1 Å². The van der Waals surface area contributed by atoms with Crippen LogP contribution in [0.4, 0.5) is 17.6 Å². The van der Waals surface area contributed by atoms with Crippen molar-refractivity contribution < 1.29 is 27.5 Å². The molecule has 0 radical (unpaired) electrons. The molecule has 3 rings (SSSR count). The van der Waals surface area contributed by atoms with Crippen molar-refractivity contribution in [3.8, 4) is 0 Å². The van der Waals surface area contributed by atoms with Crippen molar-refractivity contribution in [2.24, 2.45) is 5.92 Å². The van der Waals surface area contributed by atoms with Gasteiger partial charge in [0.25, 0.3) is 0 Å². The minimum atomic E-state index is -4.49. The number of fused-ring (bicyclic) bond motifs is 1. The van der Waals surface area contributed by atoms with Gasteiger partial charge < -0.3 is 10.4 Å². The summed E-state index contributed by atoms with van der Waals surface area (Å²) in [7, 11) is 3.57. The molecule has 4 N–H and O–H groups in total. The zero-order valence-electron chi connectivity index (χ0n) is 16.3. The molecule has 162 valence electrons. The summed E-state index contributed by atoms with van der Waals surface area (Å²) in [5.74, 6) is -1.75. The minimum Gasteiger partial charge on any atom is -0.395 e. The summed E-state index contributed by atoms with van der Waals surface area (Å²) in [4.78, 5) is 14.3. The highest BCUT2D eigenvalue weighted by Gasteiger charge is 2.51. The molecule has 2 fully saturated rings. The molecule has 1 amide bonds. The Morgan fingerprint density at radius 2 is 2.00 bits per heavy atom. The quantitative estimate of drug-likeness (QED) is 0.526. The normalized spacial score (nSPS) is 29.1. The van der Waals surface area contributed by atoms with Crippen LogP contribution in [0.15, 0.2) is 18.2 Å². The van der Waals surface area contributed by atoms with Crippen molar-refractivity contribution in [3.05, 3.63) is 35.1 Å². The van der Waals surface area contributed by atoms with E-state index in [1.807, 2.05) is 0 Å². The number of nitrogens with zero attached hydrogens (tertiary/aromatic N) is 2. The lowest BCUT2D eigenvalue weighted by Gasteiger charge is -2.41. The van der Waals surface area contributed by atoms with Crippen LogP contribution in [0.5, 0.6) is 0 Å². The van der Waals surface area contributed by atoms with Gasteiger partial charge in [-0.1, -0.05) is 12.1 Å². The number of aliphatic hydroxyl groups excluding tert-OH is 1. The topological polar surface area (TPSA) is 79.9 Å². The maximum Gasteiger partial charge on any atom is 0.393 e. The smallest absolute Gasteiger partial charge is 0.393 e. The molecule has 0 spiro atoms. The van der Waals surface area contributed by atoms with Crippen molar-refractivity contribution >= 4 is 5.91 Å². The number of benzene rings is 1. The maximum absolute atomic E-state index is 14.3. The number of rotatable bonds is 5. The highest BCUT2D eigenvalue weighted by Crippen LogP contribution is 2.33. The summed E-state index contributed by atoms with van der Waals surface area (Å²) < 4.78 is 52.0. The predicted octanol–water partition coefficient (Wildman–Crippen LogP) is 0.679. The van der Waals surface area contributed by atoms with Crippen LogP contribution in [0.1, 0.15) is 24.1 Å². The number of nitrogens with one attached hydrogen (secondary N) is 3. The Morgan fingerprint density at radius 1 is 1.31 bits per heavy atom. The van der Waals surface area contributed by atoms with Crippen LogP contribution in [0, 0.1) is 11.7 Å². The predicted molar refractivity (Wildman–Crippen MR) is 96.5 cm³/mol. The van der Waals surface area contributed by atoms with Crippen molar-refractivity contribution in [1.82, 2.24) is 26.0 Å². The zero-order chi connectivity index (χ0) is 21.5. The van der Waals surface area contributed by atoms with E-state index in [4.69, 9.17) is 0 Å². The van der Waals surface area contributed by atoms with E-state index in [0.29, 0.717) is 5.56 Å². The number of alkyl halides is 3. The third kappa shape index (κ3) is 4.53. The molecule has 0 aromatic heterocycles. The first-order valence-corrected chi connectivity index (χ1v) is 9.25. The highest BCUT2D eigenvalue weighted by atomic mass is 19.4. The molecule has 11 heteroatoms. The lowest BCUT2D eigenvalue weighted by molar-refractivity contribution is -0.133. The van der Waals surface area contributed by atoms with E-state index in [9.17, 15) is 27.5 Å². The van der Waals surface area contributed by atoms with E-state index >= 15 is 0 Å². The second-order valence-electron chi connectivity index (χ2n) is 7.66. The van der Waals surface area contributed by atoms with Crippen LogP contribution in [0.2, 0.25) is 0 Å². The van der Waals surface area contributed by atoms with Gasteiger partial charge >= 0.3 is 6.18 Å². The van der Waals surface area contributed by atoms with Crippen LogP contribution < -0.4 is 16.1 Å². The molecule has 0 saturated carbocycles. The van der Waals surface area contributed by atoms with E-state index < -0.39 is 54.4 Å². The Bertz CT molecular complexity index is 760. The number of hydrazine groups is 1. The number of halogens is 4. The average molecular weight is 419 g/mol. The Balaban J connectivity index is 1.85. The summed E-state index contributed by atoms with van der Waals surface area (Å²) in [6, 6.07) is 2.64. The van der Waals surface area contributed by atoms with E-state index in [2.05, 4.69) is 16.1 Å².